The molecule has 1 fully saturated rings. The van der Waals surface area contributed by atoms with Gasteiger partial charge in [0.1, 0.15) is 0 Å². The van der Waals surface area contributed by atoms with Crippen LogP contribution in [0.5, 0.6) is 11.5 Å². The maximum atomic E-state index is 5.55. The molecule has 116 valence electrons. The molecule has 1 saturated carbocycles. The maximum absolute atomic E-state index is 5.55. The third-order valence-corrected chi connectivity index (χ3v) is 6.16. The number of fused-ring (bicyclic) bond motifs is 3. The highest BCUT2D eigenvalue weighted by Gasteiger charge is 2.49. The second kappa shape index (κ2) is 4.93. The fraction of sp³-hybridized carbons (Fsp3) is 0.684. The van der Waals surface area contributed by atoms with Crippen molar-refractivity contribution in [1.82, 2.24) is 0 Å². The minimum Gasteiger partial charge on any atom is -0.493 e. The van der Waals surface area contributed by atoms with Crippen molar-refractivity contribution < 1.29 is 9.47 Å². The minimum atomic E-state index is 0.287. The van der Waals surface area contributed by atoms with Gasteiger partial charge in [-0.3, -0.25) is 0 Å². The van der Waals surface area contributed by atoms with Crippen molar-refractivity contribution in [3.8, 4) is 11.5 Å². The molecule has 0 heterocycles. The van der Waals surface area contributed by atoms with E-state index in [1.54, 1.807) is 14.2 Å². The molecule has 0 amide bonds. The number of methoxy groups -OCH3 is 2. The van der Waals surface area contributed by atoms with Crippen LogP contribution in [0.25, 0.3) is 0 Å². The van der Waals surface area contributed by atoms with E-state index in [0.29, 0.717) is 5.41 Å². The first-order valence-electron chi connectivity index (χ1n) is 8.18. The summed E-state index contributed by atoms with van der Waals surface area (Å²) in [5.74, 6) is 2.51. The monoisotopic (exact) mass is 288 g/mol. The Kier molecular flexibility index (Phi) is 3.46. The number of hydrogen-bond acceptors (Lipinski definition) is 2. The molecular weight excluding hydrogens is 260 g/mol. The van der Waals surface area contributed by atoms with Gasteiger partial charge in [0.2, 0.25) is 0 Å². The molecule has 1 aromatic rings. The summed E-state index contributed by atoms with van der Waals surface area (Å²) in [5.41, 5.74) is 3.69. The Morgan fingerprint density at radius 1 is 1.00 bits per heavy atom. The molecule has 0 saturated heterocycles. The summed E-state index contributed by atoms with van der Waals surface area (Å²) in [5, 5.41) is 0. The van der Waals surface area contributed by atoms with Crippen LogP contribution in [0.4, 0.5) is 0 Å². The van der Waals surface area contributed by atoms with Gasteiger partial charge in [-0.2, -0.15) is 0 Å². The topological polar surface area (TPSA) is 18.5 Å². The fourth-order valence-electron chi connectivity index (χ4n) is 5.11. The molecule has 0 unspecified atom stereocenters. The summed E-state index contributed by atoms with van der Waals surface area (Å²) in [6.07, 6.45) is 6.44. The van der Waals surface area contributed by atoms with E-state index in [2.05, 4.69) is 32.9 Å². The van der Waals surface area contributed by atoms with Gasteiger partial charge in [0.05, 0.1) is 14.2 Å². The average Bonchev–Trinajstić information content (AvgIpc) is 2.45. The zero-order valence-electron chi connectivity index (χ0n) is 14.1. The summed E-state index contributed by atoms with van der Waals surface area (Å²) in [4.78, 5) is 0. The summed E-state index contributed by atoms with van der Waals surface area (Å²) >= 11 is 0. The van der Waals surface area contributed by atoms with E-state index >= 15 is 0 Å². The van der Waals surface area contributed by atoms with Crippen LogP contribution >= 0.6 is 0 Å². The summed E-state index contributed by atoms with van der Waals surface area (Å²) in [6.45, 7) is 7.39. The van der Waals surface area contributed by atoms with Gasteiger partial charge in [-0.15, -0.1) is 0 Å². The molecule has 0 aliphatic heterocycles. The number of ether oxygens (including phenoxy) is 2. The quantitative estimate of drug-likeness (QED) is 0.783. The summed E-state index contributed by atoms with van der Waals surface area (Å²) in [7, 11) is 3.46. The molecule has 0 N–H and O–H groups in total. The van der Waals surface area contributed by atoms with Gasteiger partial charge in [-0.25, -0.2) is 0 Å². The smallest absolute Gasteiger partial charge is 0.161 e. The first-order valence-corrected chi connectivity index (χ1v) is 8.18. The molecule has 1 aromatic carbocycles. The first-order chi connectivity index (χ1) is 9.92. The van der Waals surface area contributed by atoms with Crippen LogP contribution in [0.2, 0.25) is 0 Å². The minimum absolute atomic E-state index is 0.287. The zero-order valence-corrected chi connectivity index (χ0v) is 14.1. The van der Waals surface area contributed by atoms with Crippen molar-refractivity contribution in [2.24, 2.45) is 11.3 Å². The maximum Gasteiger partial charge on any atom is 0.161 e. The molecular formula is C19H28O2. The Balaban J connectivity index is 2.13. The van der Waals surface area contributed by atoms with Crippen LogP contribution in [-0.2, 0) is 11.8 Å². The van der Waals surface area contributed by atoms with Crippen molar-refractivity contribution in [3.05, 3.63) is 23.3 Å². The second-order valence-corrected chi connectivity index (χ2v) is 7.72. The molecule has 2 aliphatic carbocycles. The van der Waals surface area contributed by atoms with Crippen LogP contribution < -0.4 is 9.47 Å². The van der Waals surface area contributed by atoms with Crippen LogP contribution in [-0.4, -0.2) is 14.2 Å². The van der Waals surface area contributed by atoms with Gasteiger partial charge in [-0.1, -0.05) is 27.2 Å². The lowest BCUT2D eigenvalue weighted by molar-refractivity contribution is 0.0405. The van der Waals surface area contributed by atoms with E-state index < -0.39 is 0 Å². The predicted octanol–water partition coefficient (Wildman–Crippen LogP) is 4.73. The Bertz CT molecular complexity index is 547. The van der Waals surface area contributed by atoms with E-state index in [1.807, 2.05) is 0 Å². The van der Waals surface area contributed by atoms with Crippen LogP contribution in [0.15, 0.2) is 12.1 Å². The van der Waals surface area contributed by atoms with E-state index in [0.717, 1.165) is 17.4 Å². The molecule has 0 aromatic heterocycles. The second-order valence-electron chi connectivity index (χ2n) is 7.72. The molecule has 0 spiro atoms. The highest BCUT2D eigenvalue weighted by atomic mass is 16.5. The molecule has 2 atom stereocenters. The Morgan fingerprint density at radius 2 is 1.67 bits per heavy atom. The van der Waals surface area contributed by atoms with Gasteiger partial charge in [0, 0.05) is 0 Å². The number of hydrogen-bond donors (Lipinski definition) is 0. The molecule has 3 rings (SSSR count). The summed E-state index contributed by atoms with van der Waals surface area (Å²) < 4.78 is 11.0. The third kappa shape index (κ3) is 2.15. The van der Waals surface area contributed by atoms with E-state index in [-0.39, 0.29) is 5.41 Å². The van der Waals surface area contributed by atoms with Crippen LogP contribution in [0.1, 0.15) is 57.6 Å². The Hall–Kier alpha value is -1.18. The molecule has 0 radical (unpaired) electrons. The van der Waals surface area contributed by atoms with Crippen LogP contribution in [0.3, 0.4) is 0 Å². The Morgan fingerprint density at radius 3 is 2.33 bits per heavy atom. The SMILES string of the molecule is COc1cc2c(cc1OC)[C@@]1(C)CCCC(C)(C)[C@@H]1CC2. The summed E-state index contributed by atoms with van der Waals surface area (Å²) in [6, 6.07) is 4.46. The van der Waals surface area contributed by atoms with Gasteiger partial charge >= 0.3 is 0 Å². The van der Waals surface area contributed by atoms with Gasteiger partial charge < -0.3 is 9.47 Å². The molecule has 21 heavy (non-hydrogen) atoms. The Labute approximate surface area is 128 Å². The van der Waals surface area contributed by atoms with E-state index in [4.69, 9.17) is 9.47 Å². The predicted molar refractivity (Wildman–Crippen MR) is 86.3 cm³/mol. The average molecular weight is 288 g/mol. The van der Waals surface area contributed by atoms with Gasteiger partial charge in [0.15, 0.2) is 11.5 Å². The first kappa shape index (κ1) is 14.7. The van der Waals surface area contributed by atoms with E-state index in [9.17, 15) is 0 Å². The van der Waals surface area contributed by atoms with E-state index in [1.165, 1.54) is 43.2 Å². The van der Waals surface area contributed by atoms with Crippen molar-refractivity contribution in [3.63, 3.8) is 0 Å². The molecule has 2 heteroatoms. The van der Waals surface area contributed by atoms with Crippen LogP contribution in [0, 0.1) is 11.3 Å². The molecule has 2 nitrogen and oxygen atoms in total. The fourth-order valence-corrected chi connectivity index (χ4v) is 5.11. The standard InChI is InChI=1S/C19H28O2/c1-18(2)9-6-10-19(3)14-12-16(21-5)15(20-4)11-13(14)7-8-17(18)19/h11-12,17H,6-10H2,1-5H3/t17-,19+/m0/s1. The number of aryl methyl sites for hydroxylation is 1. The van der Waals surface area contributed by atoms with Crippen molar-refractivity contribution >= 4 is 0 Å². The zero-order chi connectivity index (χ0) is 15.3. The van der Waals surface area contributed by atoms with Gasteiger partial charge in [0.25, 0.3) is 0 Å². The van der Waals surface area contributed by atoms with Gasteiger partial charge in [-0.05, 0) is 65.7 Å². The lowest BCUT2D eigenvalue weighted by Gasteiger charge is -2.54. The highest BCUT2D eigenvalue weighted by molar-refractivity contribution is 5.51. The van der Waals surface area contributed by atoms with Crippen molar-refractivity contribution in [1.29, 1.82) is 0 Å². The number of benzene rings is 1. The third-order valence-electron chi connectivity index (χ3n) is 6.16. The lowest BCUT2D eigenvalue weighted by Crippen LogP contribution is -2.47. The highest BCUT2D eigenvalue weighted by Crippen LogP contribution is 2.57. The molecule has 0 bridgehead atoms. The normalized spacial score (nSPS) is 30.2. The van der Waals surface area contributed by atoms with Crippen molar-refractivity contribution in [2.75, 3.05) is 14.2 Å². The molecule has 2 aliphatic rings. The number of rotatable bonds is 2. The lowest BCUT2D eigenvalue weighted by atomic mass is 9.50. The largest absolute Gasteiger partial charge is 0.493 e. The van der Waals surface area contributed by atoms with Crippen molar-refractivity contribution in [2.45, 2.75) is 58.3 Å².